The Bertz CT molecular complexity index is 480. The molecule has 20 heavy (non-hydrogen) atoms. The lowest BCUT2D eigenvalue weighted by Crippen LogP contribution is -2.39. The van der Waals surface area contributed by atoms with Crippen molar-refractivity contribution in [2.45, 2.75) is 6.10 Å². The van der Waals surface area contributed by atoms with Gasteiger partial charge >= 0.3 is 0 Å². The second kappa shape index (κ2) is 6.83. The molecule has 2 rings (SSSR count). The van der Waals surface area contributed by atoms with Gasteiger partial charge in [-0.2, -0.15) is 4.98 Å². The molecule has 7 nitrogen and oxygen atoms in total. The molecule has 2 heterocycles. The largest absolute Gasteiger partial charge is 0.479 e. The first-order valence-corrected chi connectivity index (χ1v) is 6.56. The minimum absolute atomic E-state index is 0.0345. The number of hydrogen-bond acceptors (Lipinski definition) is 7. The smallest absolute Gasteiger partial charge is 0.242 e. The van der Waals surface area contributed by atoms with E-state index in [4.69, 9.17) is 31.2 Å². The summed E-state index contributed by atoms with van der Waals surface area (Å²) in [6, 6.07) is 0. The molecule has 1 atom stereocenters. The Labute approximate surface area is 122 Å². The summed E-state index contributed by atoms with van der Waals surface area (Å²) in [6.07, 6.45) is 1.09. The fraction of sp³-hybridized carbons (Fsp3) is 0.583. The third kappa shape index (κ3) is 3.36. The quantitative estimate of drug-likeness (QED) is 0.645. The minimum Gasteiger partial charge on any atom is -0.479 e. The van der Waals surface area contributed by atoms with Crippen molar-refractivity contribution in [3.05, 3.63) is 11.0 Å². The molecule has 0 bridgehead atoms. The highest BCUT2D eigenvalue weighted by Gasteiger charge is 2.22. The highest BCUT2D eigenvalue weighted by atomic mass is 35.5. The number of methoxy groups -OCH3 is 1. The van der Waals surface area contributed by atoms with Crippen molar-refractivity contribution in [3.63, 3.8) is 0 Å². The van der Waals surface area contributed by atoms with Crippen LogP contribution in [0.2, 0.25) is 5.28 Å². The van der Waals surface area contributed by atoms with E-state index in [2.05, 4.69) is 9.97 Å². The van der Waals surface area contributed by atoms with Crippen molar-refractivity contribution in [1.82, 2.24) is 9.97 Å². The lowest BCUT2D eigenvalue weighted by molar-refractivity contribution is -0.0837. The van der Waals surface area contributed by atoms with Gasteiger partial charge in [0.25, 0.3) is 0 Å². The number of anilines is 1. The maximum absolute atomic E-state index is 7.45. The minimum atomic E-state index is -0.0345. The second-order valence-corrected chi connectivity index (χ2v) is 4.67. The third-order valence-electron chi connectivity index (χ3n) is 2.93. The molecule has 1 aliphatic heterocycles. The highest BCUT2D eigenvalue weighted by Crippen LogP contribution is 2.29. The summed E-state index contributed by atoms with van der Waals surface area (Å²) in [5.74, 6) is 0.336. The molecular weight excluding hydrogens is 284 g/mol. The maximum atomic E-state index is 7.45. The fourth-order valence-electron chi connectivity index (χ4n) is 2.06. The molecule has 8 heteroatoms. The lowest BCUT2D eigenvalue weighted by Gasteiger charge is -2.29. The normalized spacial score (nSPS) is 18.6. The van der Waals surface area contributed by atoms with E-state index < -0.39 is 0 Å². The second-order valence-electron chi connectivity index (χ2n) is 4.33. The molecule has 1 aliphatic rings. The van der Waals surface area contributed by atoms with Gasteiger partial charge in [0.15, 0.2) is 0 Å². The number of nitrogens with zero attached hydrogens (tertiary/aromatic N) is 3. The Morgan fingerprint density at radius 2 is 2.30 bits per heavy atom. The van der Waals surface area contributed by atoms with Gasteiger partial charge in [-0.15, -0.1) is 0 Å². The molecular formula is C12H17ClN4O3. The first kappa shape index (κ1) is 15.0. The van der Waals surface area contributed by atoms with Gasteiger partial charge < -0.3 is 24.5 Å². The Morgan fingerprint density at radius 1 is 1.50 bits per heavy atom. The molecule has 0 amide bonds. The number of ether oxygens (including phenoxy) is 3. The monoisotopic (exact) mass is 300 g/mol. The predicted molar refractivity (Wildman–Crippen MR) is 75.3 cm³/mol. The summed E-state index contributed by atoms with van der Waals surface area (Å²) in [4.78, 5) is 9.95. The van der Waals surface area contributed by atoms with Gasteiger partial charge in [-0.25, -0.2) is 4.98 Å². The average molecular weight is 301 g/mol. The van der Waals surface area contributed by atoms with E-state index in [1.165, 1.54) is 7.11 Å². The number of rotatable bonds is 5. The maximum Gasteiger partial charge on any atom is 0.242 e. The Balaban J connectivity index is 2.22. The molecule has 1 aromatic rings. The summed E-state index contributed by atoms with van der Waals surface area (Å²) >= 11 is 5.81. The van der Waals surface area contributed by atoms with Crippen molar-refractivity contribution < 1.29 is 14.2 Å². The molecule has 1 N–H and O–H groups in total. The van der Waals surface area contributed by atoms with Crippen LogP contribution in [0.4, 0.5) is 5.69 Å². The van der Waals surface area contributed by atoms with E-state index in [9.17, 15) is 0 Å². The van der Waals surface area contributed by atoms with Gasteiger partial charge in [-0.1, -0.05) is 0 Å². The number of nitrogens with one attached hydrogen (secondary N) is 1. The van der Waals surface area contributed by atoms with E-state index >= 15 is 0 Å². The molecule has 0 spiro atoms. The van der Waals surface area contributed by atoms with Gasteiger partial charge in [-0.05, 0) is 11.6 Å². The van der Waals surface area contributed by atoms with E-state index in [0.29, 0.717) is 43.6 Å². The molecule has 1 unspecified atom stereocenters. The molecule has 0 saturated carbocycles. The van der Waals surface area contributed by atoms with Crippen molar-refractivity contribution in [2.75, 3.05) is 45.4 Å². The van der Waals surface area contributed by atoms with E-state index in [0.717, 1.165) is 6.21 Å². The molecule has 1 saturated heterocycles. The van der Waals surface area contributed by atoms with Crippen LogP contribution in [0.25, 0.3) is 0 Å². The van der Waals surface area contributed by atoms with Crippen LogP contribution in [0.15, 0.2) is 0 Å². The van der Waals surface area contributed by atoms with Gasteiger partial charge in [0.05, 0.1) is 33.0 Å². The summed E-state index contributed by atoms with van der Waals surface area (Å²) in [5, 5.41) is 7.50. The SMILES string of the molecule is COc1nc(Cl)nc(C=N)c1N(C)CC1COCCO1. The van der Waals surface area contributed by atoms with Gasteiger partial charge in [0.1, 0.15) is 11.4 Å². The number of halogens is 1. The summed E-state index contributed by atoms with van der Waals surface area (Å²) in [5.41, 5.74) is 1.02. The van der Waals surface area contributed by atoms with Crippen molar-refractivity contribution in [3.8, 4) is 5.88 Å². The van der Waals surface area contributed by atoms with Crippen LogP contribution in [-0.2, 0) is 9.47 Å². The number of aromatic nitrogens is 2. The summed E-state index contributed by atoms with van der Waals surface area (Å²) in [7, 11) is 3.37. The zero-order valence-corrected chi connectivity index (χ0v) is 12.2. The van der Waals surface area contributed by atoms with Gasteiger partial charge in [-0.3, -0.25) is 0 Å². The Hall–Kier alpha value is -1.44. The van der Waals surface area contributed by atoms with E-state index in [1.807, 2.05) is 11.9 Å². The molecule has 1 aromatic heterocycles. The Morgan fingerprint density at radius 3 is 2.90 bits per heavy atom. The standard InChI is InChI=1S/C12H17ClN4O3/c1-17(6-8-7-19-3-4-20-8)10-9(5-14)15-12(13)16-11(10)18-2/h5,8,14H,3-4,6-7H2,1-2H3. The zero-order chi connectivity index (χ0) is 14.5. The number of hydrogen-bond donors (Lipinski definition) is 1. The molecule has 0 aliphatic carbocycles. The van der Waals surface area contributed by atoms with Crippen molar-refractivity contribution in [1.29, 1.82) is 5.41 Å². The van der Waals surface area contributed by atoms with Gasteiger partial charge in [0, 0.05) is 19.8 Å². The molecule has 110 valence electrons. The van der Waals surface area contributed by atoms with Crippen LogP contribution in [0.1, 0.15) is 5.69 Å². The van der Waals surface area contributed by atoms with Crippen LogP contribution < -0.4 is 9.64 Å². The predicted octanol–water partition coefficient (Wildman–Crippen LogP) is 0.988. The van der Waals surface area contributed by atoms with Crippen LogP contribution in [0.5, 0.6) is 5.88 Å². The molecule has 0 radical (unpaired) electrons. The highest BCUT2D eigenvalue weighted by molar-refractivity contribution is 6.28. The average Bonchev–Trinajstić information content (AvgIpc) is 2.46. The van der Waals surface area contributed by atoms with Crippen LogP contribution in [0, 0.1) is 5.41 Å². The lowest BCUT2D eigenvalue weighted by atomic mass is 10.2. The van der Waals surface area contributed by atoms with Crippen LogP contribution in [0.3, 0.4) is 0 Å². The van der Waals surface area contributed by atoms with Crippen LogP contribution >= 0.6 is 11.6 Å². The first-order chi connectivity index (χ1) is 9.65. The van der Waals surface area contributed by atoms with Crippen molar-refractivity contribution in [2.24, 2.45) is 0 Å². The zero-order valence-electron chi connectivity index (χ0n) is 11.4. The fourth-order valence-corrected chi connectivity index (χ4v) is 2.23. The molecule has 1 fully saturated rings. The Kier molecular flexibility index (Phi) is 5.11. The topological polar surface area (TPSA) is 80.6 Å². The van der Waals surface area contributed by atoms with Gasteiger partial charge in [0.2, 0.25) is 11.2 Å². The first-order valence-electron chi connectivity index (χ1n) is 6.18. The summed E-state index contributed by atoms with van der Waals surface area (Å²) in [6.45, 7) is 2.34. The summed E-state index contributed by atoms with van der Waals surface area (Å²) < 4.78 is 16.2. The molecule has 0 aromatic carbocycles. The third-order valence-corrected chi connectivity index (χ3v) is 3.09. The number of likely N-dealkylation sites (N-methyl/N-ethyl adjacent to an activating group) is 1. The van der Waals surface area contributed by atoms with E-state index in [-0.39, 0.29) is 11.4 Å². The van der Waals surface area contributed by atoms with E-state index in [1.54, 1.807) is 0 Å². The van der Waals surface area contributed by atoms with Crippen LogP contribution in [-0.4, -0.2) is 62.8 Å². The van der Waals surface area contributed by atoms with Crippen molar-refractivity contribution >= 4 is 23.5 Å².